The van der Waals surface area contributed by atoms with Crippen molar-refractivity contribution in [3.05, 3.63) is 60.7 Å². The molecule has 2 aromatic rings. The summed E-state index contributed by atoms with van der Waals surface area (Å²) in [5.74, 6) is 0. The van der Waals surface area contributed by atoms with Gasteiger partial charge >= 0.3 is 0 Å². The molecule has 3 rings (SSSR count). The number of anilines is 2. The SMILES string of the molecule is Cl.c1ccc(N2CCN(c3ccccc3)C2)cc1. The van der Waals surface area contributed by atoms with E-state index in [1.165, 1.54) is 11.4 Å². The van der Waals surface area contributed by atoms with Gasteiger partial charge < -0.3 is 9.80 Å². The summed E-state index contributed by atoms with van der Waals surface area (Å²) in [6, 6.07) is 21.2. The van der Waals surface area contributed by atoms with Gasteiger partial charge in [-0.2, -0.15) is 0 Å². The van der Waals surface area contributed by atoms with E-state index in [-0.39, 0.29) is 12.4 Å². The second-order valence-electron chi connectivity index (χ2n) is 4.34. The average Bonchev–Trinajstić information content (AvgIpc) is 2.90. The number of nitrogens with zero attached hydrogens (tertiary/aromatic N) is 2. The molecule has 18 heavy (non-hydrogen) atoms. The molecule has 0 aromatic heterocycles. The van der Waals surface area contributed by atoms with Crippen LogP contribution in [0.3, 0.4) is 0 Å². The Morgan fingerprint density at radius 1 is 0.611 bits per heavy atom. The fraction of sp³-hybridized carbons (Fsp3) is 0.200. The smallest absolute Gasteiger partial charge is 0.0904 e. The normalized spacial score (nSPS) is 14.4. The van der Waals surface area contributed by atoms with Gasteiger partial charge in [0.05, 0.1) is 6.67 Å². The summed E-state index contributed by atoms with van der Waals surface area (Å²) in [5, 5.41) is 0. The lowest BCUT2D eigenvalue weighted by molar-refractivity contribution is 0.949. The van der Waals surface area contributed by atoms with Gasteiger partial charge in [-0.3, -0.25) is 0 Å². The molecule has 1 heterocycles. The third-order valence-electron chi connectivity index (χ3n) is 3.22. The highest BCUT2D eigenvalue weighted by atomic mass is 35.5. The van der Waals surface area contributed by atoms with E-state index >= 15 is 0 Å². The first-order chi connectivity index (χ1) is 8.43. The lowest BCUT2D eigenvalue weighted by Crippen LogP contribution is -2.24. The van der Waals surface area contributed by atoms with E-state index in [0.717, 1.165) is 19.8 Å². The van der Waals surface area contributed by atoms with E-state index in [1.807, 2.05) is 0 Å². The summed E-state index contributed by atoms with van der Waals surface area (Å²) in [6.07, 6.45) is 0. The van der Waals surface area contributed by atoms with Gasteiger partial charge in [-0.15, -0.1) is 12.4 Å². The highest BCUT2D eigenvalue weighted by Gasteiger charge is 2.19. The minimum absolute atomic E-state index is 0. The second kappa shape index (κ2) is 5.78. The molecule has 0 bridgehead atoms. The van der Waals surface area contributed by atoms with Gasteiger partial charge in [-0.1, -0.05) is 36.4 Å². The third kappa shape index (κ3) is 2.59. The minimum atomic E-state index is 0. The Morgan fingerprint density at radius 2 is 1.00 bits per heavy atom. The number of hydrogen-bond acceptors (Lipinski definition) is 2. The Morgan fingerprint density at radius 3 is 1.39 bits per heavy atom. The predicted molar refractivity (Wildman–Crippen MR) is 79.7 cm³/mol. The molecular formula is C15H17ClN2. The van der Waals surface area contributed by atoms with E-state index < -0.39 is 0 Å². The first kappa shape index (κ1) is 12.8. The molecule has 1 aliphatic rings. The topological polar surface area (TPSA) is 6.48 Å². The van der Waals surface area contributed by atoms with Gasteiger partial charge in [0.15, 0.2) is 0 Å². The standard InChI is InChI=1S/C15H16N2.ClH/c1-3-7-14(8-4-1)16-11-12-17(13-16)15-9-5-2-6-10-15;/h1-10H,11-13H2;1H. The van der Waals surface area contributed by atoms with Gasteiger partial charge in [-0.05, 0) is 24.3 Å². The maximum Gasteiger partial charge on any atom is 0.0904 e. The van der Waals surface area contributed by atoms with Crippen molar-refractivity contribution in [3.63, 3.8) is 0 Å². The number of halogens is 1. The van der Waals surface area contributed by atoms with Crippen LogP contribution in [0.2, 0.25) is 0 Å². The molecule has 2 aromatic carbocycles. The van der Waals surface area contributed by atoms with Crippen molar-refractivity contribution in [2.75, 3.05) is 29.6 Å². The van der Waals surface area contributed by atoms with E-state index in [2.05, 4.69) is 70.5 Å². The van der Waals surface area contributed by atoms with Crippen molar-refractivity contribution in [1.82, 2.24) is 0 Å². The Kier molecular flexibility index (Phi) is 4.11. The molecule has 2 nitrogen and oxygen atoms in total. The maximum absolute atomic E-state index is 2.41. The average molecular weight is 261 g/mol. The Balaban J connectivity index is 0.00000120. The van der Waals surface area contributed by atoms with E-state index in [0.29, 0.717) is 0 Å². The van der Waals surface area contributed by atoms with Crippen molar-refractivity contribution in [3.8, 4) is 0 Å². The molecule has 94 valence electrons. The fourth-order valence-corrected chi connectivity index (χ4v) is 2.29. The molecule has 1 fully saturated rings. The van der Waals surface area contributed by atoms with E-state index in [1.54, 1.807) is 0 Å². The molecule has 0 atom stereocenters. The fourth-order valence-electron chi connectivity index (χ4n) is 2.29. The van der Waals surface area contributed by atoms with Gasteiger partial charge in [0, 0.05) is 24.5 Å². The zero-order chi connectivity index (χ0) is 11.5. The second-order valence-corrected chi connectivity index (χ2v) is 4.34. The number of hydrogen-bond donors (Lipinski definition) is 0. The molecule has 0 N–H and O–H groups in total. The highest BCUT2D eigenvalue weighted by molar-refractivity contribution is 5.85. The summed E-state index contributed by atoms with van der Waals surface area (Å²) in [4.78, 5) is 4.82. The first-order valence-electron chi connectivity index (χ1n) is 6.03. The molecule has 0 saturated carbocycles. The van der Waals surface area contributed by atoms with Crippen molar-refractivity contribution in [2.45, 2.75) is 0 Å². The number of para-hydroxylation sites is 2. The van der Waals surface area contributed by atoms with Crippen LogP contribution in [0, 0.1) is 0 Å². The van der Waals surface area contributed by atoms with Crippen LogP contribution in [0.4, 0.5) is 11.4 Å². The van der Waals surface area contributed by atoms with Gasteiger partial charge in [-0.25, -0.2) is 0 Å². The number of benzene rings is 2. The lowest BCUT2D eigenvalue weighted by atomic mass is 10.3. The van der Waals surface area contributed by atoms with Crippen molar-refractivity contribution in [1.29, 1.82) is 0 Å². The molecule has 0 unspecified atom stereocenters. The van der Waals surface area contributed by atoms with Gasteiger partial charge in [0.2, 0.25) is 0 Å². The van der Waals surface area contributed by atoms with Crippen molar-refractivity contribution in [2.24, 2.45) is 0 Å². The molecule has 3 heteroatoms. The highest BCUT2D eigenvalue weighted by Crippen LogP contribution is 2.22. The van der Waals surface area contributed by atoms with Crippen LogP contribution >= 0.6 is 12.4 Å². The van der Waals surface area contributed by atoms with Crippen LogP contribution in [0.1, 0.15) is 0 Å². The van der Waals surface area contributed by atoms with Crippen LogP contribution in [0.15, 0.2) is 60.7 Å². The summed E-state index contributed by atoms with van der Waals surface area (Å²) >= 11 is 0. The monoisotopic (exact) mass is 260 g/mol. The van der Waals surface area contributed by atoms with Crippen LogP contribution in [0.5, 0.6) is 0 Å². The summed E-state index contributed by atoms with van der Waals surface area (Å²) in [5.41, 5.74) is 2.62. The Hall–Kier alpha value is -1.67. The molecule has 1 saturated heterocycles. The predicted octanol–water partition coefficient (Wildman–Crippen LogP) is 3.39. The molecule has 0 amide bonds. The van der Waals surface area contributed by atoms with Gasteiger partial charge in [0.25, 0.3) is 0 Å². The largest absolute Gasteiger partial charge is 0.352 e. The minimum Gasteiger partial charge on any atom is -0.352 e. The molecule has 0 spiro atoms. The Labute approximate surface area is 114 Å². The summed E-state index contributed by atoms with van der Waals surface area (Å²) in [7, 11) is 0. The van der Waals surface area contributed by atoms with Crippen LogP contribution in [-0.4, -0.2) is 19.8 Å². The zero-order valence-corrected chi connectivity index (χ0v) is 11.0. The van der Waals surface area contributed by atoms with Crippen molar-refractivity contribution < 1.29 is 0 Å². The van der Waals surface area contributed by atoms with E-state index in [4.69, 9.17) is 0 Å². The molecule has 0 aliphatic carbocycles. The number of rotatable bonds is 2. The van der Waals surface area contributed by atoms with Crippen LogP contribution in [0.25, 0.3) is 0 Å². The summed E-state index contributed by atoms with van der Waals surface area (Å²) < 4.78 is 0. The quantitative estimate of drug-likeness (QED) is 0.817. The van der Waals surface area contributed by atoms with Crippen LogP contribution < -0.4 is 9.80 Å². The third-order valence-corrected chi connectivity index (χ3v) is 3.22. The molecular weight excluding hydrogens is 244 g/mol. The molecule has 1 aliphatic heterocycles. The first-order valence-corrected chi connectivity index (χ1v) is 6.03. The lowest BCUT2D eigenvalue weighted by Gasteiger charge is -2.21. The van der Waals surface area contributed by atoms with Gasteiger partial charge in [0.1, 0.15) is 0 Å². The molecule has 0 radical (unpaired) electrons. The zero-order valence-electron chi connectivity index (χ0n) is 10.2. The van der Waals surface area contributed by atoms with Crippen LogP contribution in [-0.2, 0) is 0 Å². The van der Waals surface area contributed by atoms with Crippen molar-refractivity contribution >= 4 is 23.8 Å². The Bertz CT molecular complexity index is 427. The maximum atomic E-state index is 2.41. The summed E-state index contributed by atoms with van der Waals surface area (Å²) in [6.45, 7) is 3.17. The van der Waals surface area contributed by atoms with E-state index in [9.17, 15) is 0 Å².